The van der Waals surface area contributed by atoms with E-state index in [1.165, 1.54) is 11.8 Å². The Morgan fingerprint density at radius 3 is 2.82 bits per heavy atom. The van der Waals surface area contributed by atoms with Crippen molar-refractivity contribution in [2.45, 2.75) is 38.5 Å². The third-order valence-corrected chi connectivity index (χ3v) is 6.80. The zero-order chi connectivity index (χ0) is 19.8. The van der Waals surface area contributed by atoms with Crippen molar-refractivity contribution >= 4 is 34.7 Å². The Labute approximate surface area is 171 Å². The highest BCUT2D eigenvalue weighted by Gasteiger charge is 2.45. The number of fused-ring (bicyclic) bond motifs is 3. The number of hydrogen-bond donors (Lipinski definition) is 1. The summed E-state index contributed by atoms with van der Waals surface area (Å²) in [5.74, 6) is 0.770. The molecule has 6 nitrogen and oxygen atoms in total. The summed E-state index contributed by atoms with van der Waals surface area (Å²) in [6, 6.07) is 9.53. The molecule has 1 unspecified atom stereocenters. The number of rotatable bonds is 4. The van der Waals surface area contributed by atoms with Crippen LogP contribution in [0.5, 0.6) is 0 Å². The number of nitrogens with one attached hydrogen (secondary N) is 1. The van der Waals surface area contributed by atoms with Crippen molar-refractivity contribution in [3.8, 4) is 11.3 Å². The van der Waals surface area contributed by atoms with E-state index in [0.717, 1.165) is 28.3 Å². The highest BCUT2D eigenvalue weighted by molar-refractivity contribution is 7.99. The molecule has 3 heterocycles. The number of amides is 1. The first-order valence-electron chi connectivity index (χ1n) is 9.15. The predicted octanol–water partition coefficient (Wildman–Crippen LogP) is 3.51. The van der Waals surface area contributed by atoms with E-state index >= 15 is 0 Å². The molecule has 0 fully saturated rings. The lowest BCUT2D eigenvalue weighted by Gasteiger charge is -2.31. The van der Waals surface area contributed by atoms with Gasteiger partial charge in [0, 0.05) is 17.8 Å². The first-order chi connectivity index (χ1) is 13.5. The number of aryl methyl sites for hydroxylation is 1. The maximum atomic E-state index is 13.1. The second-order valence-corrected chi connectivity index (χ2v) is 8.68. The number of aromatic amines is 1. The number of carbonyl (C=O) groups excluding carboxylic acids is 1. The number of H-pyrrole nitrogens is 1. The Balaban J connectivity index is 2.04. The third-order valence-electron chi connectivity index (χ3n) is 4.68. The van der Waals surface area contributed by atoms with Gasteiger partial charge in [0.15, 0.2) is 0 Å². The van der Waals surface area contributed by atoms with Gasteiger partial charge in [0.25, 0.3) is 0 Å². The topological polar surface area (TPSA) is 69.9 Å². The van der Waals surface area contributed by atoms with E-state index < -0.39 is 6.17 Å². The molecule has 3 aromatic rings. The van der Waals surface area contributed by atoms with Gasteiger partial charge < -0.3 is 0 Å². The number of benzene rings is 1. The van der Waals surface area contributed by atoms with E-state index in [-0.39, 0.29) is 11.5 Å². The van der Waals surface area contributed by atoms with Crippen LogP contribution in [-0.4, -0.2) is 21.7 Å². The van der Waals surface area contributed by atoms with Crippen molar-refractivity contribution in [1.29, 1.82) is 0 Å². The van der Waals surface area contributed by atoms with Crippen LogP contribution in [0.2, 0.25) is 0 Å². The molecule has 1 atom stereocenters. The molecule has 0 saturated heterocycles. The van der Waals surface area contributed by atoms with Crippen LogP contribution in [0, 0.1) is 6.92 Å². The second kappa shape index (κ2) is 7.52. The van der Waals surface area contributed by atoms with Crippen LogP contribution in [0.25, 0.3) is 11.3 Å². The van der Waals surface area contributed by atoms with Gasteiger partial charge in [-0.2, -0.15) is 0 Å². The smallest absolute Gasteiger partial charge is 0.291 e. The molecule has 2 aromatic heterocycles. The standard InChI is InChI=1S/C20H20N4O2S2/c1-4-10-28-20-21-18(26)16-14-7-5-6-8-15(14)23(13(3)25)19(24(16)22-20)17-12(2)9-11-27-17/h5-9,11,19H,4,10H2,1-3H3/p+1. The Kier molecular flexibility index (Phi) is 5.07. The molecule has 0 radical (unpaired) electrons. The number of thioether (sulfide) groups is 1. The van der Waals surface area contributed by atoms with Gasteiger partial charge >= 0.3 is 17.4 Å². The van der Waals surface area contributed by atoms with Crippen LogP contribution in [0.15, 0.2) is 45.7 Å². The van der Waals surface area contributed by atoms with Gasteiger partial charge in [-0.3, -0.25) is 14.6 Å². The molecule has 1 aliphatic rings. The molecule has 1 aromatic carbocycles. The number of carbonyl (C=O) groups is 1. The van der Waals surface area contributed by atoms with Crippen LogP contribution in [0.4, 0.5) is 5.69 Å². The van der Waals surface area contributed by atoms with E-state index in [4.69, 9.17) is 5.10 Å². The van der Waals surface area contributed by atoms with E-state index in [0.29, 0.717) is 16.4 Å². The van der Waals surface area contributed by atoms with E-state index in [9.17, 15) is 9.59 Å². The summed E-state index contributed by atoms with van der Waals surface area (Å²) in [6.45, 7) is 5.66. The third kappa shape index (κ3) is 3.06. The van der Waals surface area contributed by atoms with Gasteiger partial charge in [0.05, 0.1) is 11.3 Å². The van der Waals surface area contributed by atoms with Crippen LogP contribution >= 0.6 is 23.1 Å². The summed E-state index contributed by atoms with van der Waals surface area (Å²) in [4.78, 5) is 31.4. The van der Waals surface area contributed by atoms with Crippen molar-refractivity contribution in [2.75, 3.05) is 10.7 Å². The first kappa shape index (κ1) is 18.9. The fraction of sp³-hybridized carbons (Fsp3) is 0.300. The molecular formula is C20H21N4O2S2+. The normalized spacial score (nSPS) is 15.2. The Morgan fingerprint density at radius 2 is 2.14 bits per heavy atom. The van der Waals surface area contributed by atoms with Crippen molar-refractivity contribution < 1.29 is 9.48 Å². The Bertz CT molecular complexity index is 1110. The highest BCUT2D eigenvalue weighted by atomic mass is 32.2. The molecule has 0 saturated carbocycles. The summed E-state index contributed by atoms with van der Waals surface area (Å²) >= 11 is 3.09. The Hall–Kier alpha value is -2.45. The zero-order valence-corrected chi connectivity index (χ0v) is 17.6. The fourth-order valence-electron chi connectivity index (χ4n) is 3.46. The maximum Gasteiger partial charge on any atom is 0.325 e. The molecule has 0 aliphatic carbocycles. The van der Waals surface area contributed by atoms with Crippen LogP contribution in [0.1, 0.15) is 36.9 Å². The molecule has 4 rings (SSSR count). The molecule has 1 amide bonds. The van der Waals surface area contributed by atoms with Gasteiger partial charge in [-0.1, -0.05) is 30.8 Å². The van der Waals surface area contributed by atoms with Crippen molar-refractivity contribution in [2.24, 2.45) is 0 Å². The van der Waals surface area contributed by atoms with Crippen molar-refractivity contribution in [3.05, 3.63) is 56.5 Å². The average Bonchev–Trinajstić information content (AvgIpc) is 3.10. The van der Waals surface area contributed by atoms with Crippen LogP contribution < -0.4 is 15.1 Å². The monoisotopic (exact) mass is 413 g/mol. The van der Waals surface area contributed by atoms with E-state index in [1.54, 1.807) is 27.8 Å². The zero-order valence-electron chi connectivity index (χ0n) is 15.9. The van der Waals surface area contributed by atoms with Gasteiger partial charge in [0.1, 0.15) is 4.88 Å². The summed E-state index contributed by atoms with van der Waals surface area (Å²) < 4.78 is 1.72. The summed E-state index contributed by atoms with van der Waals surface area (Å²) in [5.41, 5.74) is 2.80. The lowest BCUT2D eigenvalue weighted by molar-refractivity contribution is -0.762. The molecule has 1 N–H and O–H groups in total. The highest BCUT2D eigenvalue weighted by Crippen LogP contribution is 2.39. The minimum Gasteiger partial charge on any atom is -0.291 e. The number of nitrogens with zero attached hydrogens (tertiary/aromatic N) is 3. The summed E-state index contributed by atoms with van der Waals surface area (Å²) in [5, 5.41) is 7.33. The van der Waals surface area contributed by atoms with Gasteiger partial charge in [-0.15, -0.1) is 11.3 Å². The van der Waals surface area contributed by atoms with Gasteiger partial charge in [-0.25, -0.2) is 4.90 Å². The molecule has 8 heteroatoms. The largest absolute Gasteiger partial charge is 0.325 e. The van der Waals surface area contributed by atoms with Crippen molar-refractivity contribution in [3.63, 3.8) is 0 Å². The lowest BCUT2D eigenvalue weighted by Crippen LogP contribution is -2.60. The molecule has 28 heavy (non-hydrogen) atoms. The van der Waals surface area contributed by atoms with Gasteiger partial charge in [-0.05, 0) is 47.2 Å². The second-order valence-electron chi connectivity index (χ2n) is 6.65. The lowest BCUT2D eigenvalue weighted by atomic mass is 10.0. The minimum absolute atomic E-state index is 0.0896. The molecular weight excluding hydrogens is 392 g/mol. The molecule has 1 aliphatic heterocycles. The quantitative estimate of drug-likeness (QED) is 0.525. The van der Waals surface area contributed by atoms with Gasteiger partial charge in [0.2, 0.25) is 11.1 Å². The molecule has 0 spiro atoms. The Morgan fingerprint density at radius 1 is 1.36 bits per heavy atom. The molecule has 144 valence electrons. The minimum atomic E-state index is -0.481. The van der Waals surface area contributed by atoms with Crippen molar-refractivity contribution in [1.82, 2.24) is 10.1 Å². The van der Waals surface area contributed by atoms with E-state index in [2.05, 4.69) is 11.9 Å². The predicted molar refractivity (Wildman–Crippen MR) is 112 cm³/mol. The number of thiophene rings is 1. The summed E-state index contributed by atoms with van der Waals surface area (Å²) in [7, 11) is 0. The number of para-hydroxylation sites is 1. The van der Waals surface area contributed by atoms with Crippen LogP contribution in [0.3, 0.4) is 0 Å². The number of anilines is 1. The number of aromatic nitrogens is 3. The first-order valence-corrected chi connectivity index (χ1v) is 11.0. The number of hydrogen-bond acceptors (Lipinski definition) is 5. The SMILES string of the molecule is CCCSc1n[n+]2c(c(=O)[nH]1)-c1ccccc1N(C(C)=O)C2c1sccc1C. The van der Waals surface area contributed by atoms with E-state index in [1.807, 2.05) is 42.6 Å². The summed E-state index contributed by atoms with van der Waals surface area (Å²) in [6.07, 6.45) is 0.497. The fourth-order valence-corrected chi connectivity index (χ4v) is 5.17. The average molecular weight is 414 g/mol. The van der Waals surface area contributed by atoms with Crippen LogP contribution in [-0.2, 0) is 4.79 Å². The molecule has 0 bridgehead atoms. The maximum absolute atomic E-state index is 13.1.